The summed E-state index contributed by atoms with van der Waals surface area (Å²) < 4.78 is 33.5. The maximum Gasteiger partial charge on any atom is 0.343 e. The van der Waals surface area contributed by atoms with Gasteiger partial charge in [0.25, 0.3) is 5.56 Å². The molecule has 15 heteroatoms. The Labute approximate surface area is 379 Å². The molecule has 0 radical (unpaired) electrons. The van der Waals surface area contributed by atoms with E-state index < -0.39 is 64.4 Å². The van der Waals surface area contributed by atoms with Crippen LogP contribution in [-0.2, 0) is 63.4 Å². The van der Waals surface area contributed by atoms with Crippen LogP contribution in [0.4, 0.5) is 4.39 Å². The Kier molecular flexibility index (Phi) is 11.4. The smallest absolute Gasteiger partial charge is 0.343 e. The van der Waals surface area contributed by atoms with Crippen LogP contribution >= 0.6 is 0 Å². The van der Waals surface area contributed by atoms with E-state index in [1.165, 1.54) is 10.6 Å². The Hall–Kier alpha value is -6.74. The lowest BCUT2D eigenvalue weighted by Crippen LogP contribution is -2.48. The normalized spacial score (nSPS) is 18.3. The highest BCUT2D eigenvalue weighted by atomic mass is 19.1. The molecule has 3 atom stereocenters. The first kappa shape index (κ1) is 44.5. The Morgan fingerprint density at radius 3 is 2.35 bits per heavy atom. The summed E-state index contributed by atoms with van der Waals surface area (Å²) in [5.74, 6) is -3.85. The Bertz CT molecular complexity index is 2910. The van der Waals surface area contributed by atoms with Crippen LogP contribution in [0.25, 0.3) is 33.4 Å². The van der Waals surface area contributed by atoms with Gasteiger partial charge in [0.05, 0.1) is 41.5 Å². The van der Waals surface area contributed by atoms with Gasteiger partial charge in [-0.2, -0.15) is 0 Å². The van der Waals surface area contributed by atoms with E-state index >= 15 is 4.39 Å². The molecule has 0 saturated heterocycles. The zero-order valence-electron chi connectivity index (χ0n) is 37.5. The number of pyridine rings is 2. The molecule has 2 aromatic heterocycles. The first-order chi connectivity index (χ1) is 31.5. The lowest BCUT2D eigenvalue weighted by Gasteiger charge is -2.31. The molecule has 66 heavy (non-hydrogen) atoms. The van der Waals surface area contributed by atoms with E-state index in [0.717, 1.165) is 22.3 Å². The van der Waals surface area contributed by atoms with E-state index in [-0.39, 0.29) is 68.9 Å². The van der Waals surface area contributed by atoms with Crippen molar-refractivity contribution >= 4 is 40.6 Å². The molecule has 0 saturated carbocycles. The molecule has 2 aliphatic carbocycles. The molecule has 0 unspecified atom stereocenters. The lowest BCUT2D eigenvalue weighted by atomic mass is 9.81. The highest BCUT2D eigenvalue weighted by Gasteiger charge is 2.46. The molecule has 342 valence electrons. The number of esters is 3. The van der Waals surface area contributed by atoms with Crippen LogP contribution in [0.2, 0.25) is 0 Å². The molecule has 9 rings (SSSR count). The lowest BCUT2D eigenvalue weighted by molar-refractivity contribution is -0.172. The summed E-state index contributed by atoms with van der Waals surface area (Å²) in [6, 6.07) is 16.9. The van der Waals surface area contributed by atoms with Crippen molar-refractivity contribution in [1.82, 2.24) is 20.2 Å². The second-order valence-electron chi connectivity index (χ2n) is 18.6. The van der Waals surface area contributed by atoms with Crippen LogP contribution < -0.4 is 16.2 Å². The highest BCUT2D eigenvalue weighted by Crippen LogP contribution is 2.47. The number of nitrogens with one attached hydrogen (secondary N) is 2. The standard InChI is InChI=1S/C51H51FN4O10/c1-6-51(63)35-21-40-46-32(23-56(40)48(61)34(35)25-65-49(51)62)45-37(16-15-27-26(2)36(52)22-39(54-46)44(27)45)55-47(60)38(17-19-43(59)66-50(3,4)5)53-41(57)18-20-42(58)64-24-33-30-13-9-7-11-28(30)29-12-8-10-14-31(29)33/h7-14,21-22,33,37-38,63H,6,15-20,23-25H2,1-5H3,(H,53,57)(H,55,60)/t37-,38-,51-/m0/s1. The molecular weight excluding hydrogens is 848 g/mol. The zero-order chi connectivity index (χ0) is 46.8. The van der Waals surface area contributed by atoms with Gasteiger partial charge in [0.1, 0.15) is 30.7 Å². The van der Waals surface area contributed by atoms with Crippen molar-refractivity contribution in [3.63, 3.8) is 0 Å². The number of cyclic esters (lactones) is 1. The molecule has 2 aliphatic heterocycles. The number of aliphatic hydroxyl groups is 1. The largest absolute Gasteiger partial charge is 0.465 e. The highest BCUT2D eigenvalue weighted by molar-refractivity contribution is 5.95. The summed E-state index contributed by atoms with van der Waals surface area (Å²) in [4.78, 5) is 85.9. The molecule has 0 bridgehead atoms. The van der Waals surface area contributed by atoms with Crippen molar-refractivity contribution < 1.29 is 47.7 Å². The number of ether oxygens (including phenoxy) is 3. The van der Waals surface area contributed by atoms with Crippen molar-refractivity contribution in [3.8, 4) is 22.5 Å². The van der Waals surface area contributed by atoms with Gasteiger partial charge in [0.2, 0.25) is 11.8 Å². The van der Waals surface area contributed by atoms with Crippen molar-refractivity contribution in [2.45, 2.75) is 122 Å². The van der Waals surface area contributed by atoms with Gasteiger partial charge >= 0.3 is 17.9 Å². The number of halogens is 1. The topological polar surface area (TPSA) is 192 Å². The number of nitrogens with zero attached hydrogens (tertiary/aromatic N) is 2. The van der Waals surface area contributed by atoms with E-state index in [1.807, 2.05) is 48.5 Å². The zero-order valence-corrected chi connectivity index (χ0v) is 37.5. The SMILES string of the molecule is CC[C@@]1(O)C(=O)OCc2c1cc1n(c2=O)Cc2c-1nc1cc(F)c(C)c3c1c2[C@@H](NC(=O)[C@H](CCC(=O)OC(C)(C)C)NC(=O)CCC(=O)OCC1c2ccccc2-c2ccccc21)CC3. The molecule has 3 N–H and O–H groups in total. The number of hydrogen-bond donors (Lipinski definition) is 3. The molecule has 4 aliphatic rings. The van der Waals surface area contributed by atoms with Crippen LogP contribution in [0.5, 0.6) is 0 Å². The van der Waals surface area contributed by atoms with E-state index in [4.69, 9.17) is 19.2 Å². The van der Waals surface area contributed by atoms with Gasteiger partial charge in [0.15, 0.2) is 5.60 Å². The number of rotatable bonds is 12. The van der Waals surface area contributed by atoms with Crippen LogP contribution in [0.15, 0.2) is 65.5 Å². The minimum atomic E-state index is -2.06. The van der Waals surface area contributed by atoms with Gasteiger partial charge in [-0.25, -0.2) is 14.2 Å². The number of amides is 2. The van der Waals surface area contributed by atoms with Crippen LogP contribution in [0.3, 0.4) is 0 Å². The average Bonchev–Trinajstić information content (AvgIpc) is 3.82. The number of aryl methyl sites for hydroxylation is 1. The van der Waals surface area contributed by atoms with Gasteiger partial charge in [-0.05, 0) is 98.4 Å². The van der Waals surface area contributed by atoms with E-state index in [1.54, 1.807) is 40.7 Å². The van der Waals surface area contributed by atoms with Crippen molar-refractivity contribution in [1.29, 1.82) is 0 Å². The molecule has 3 aromatic carbocycles. The third-order valence-electron chi connectivity index (χ3n) is 13.3. The maximum absolute atomic E-state index is 15.5. The first-order valence-electron chi connectivity index (χ1n) is 22.4. The quantitative estimate of drug-likeness (QED) is 0.0913. The van der Waals surface area contributed by atoms with Gasteiger partial charge in [-0.15, -0.1) is 0 Å². The Morgan fingerprint density at radius 1 is 0.970 bits per heavy atom. The summed E-state index contributed by atoms with van der Waals surface area (Å²) in [5, 5.41) is 17.9. The second kappa shape index (κ2) is 16.9. The molecule has 0 fully saturated rings. The minimum Gasteiger partial charge on any atom is -0.465 e. The Balaban J connectivity index is 0.969. The third kappa shape index (κ3) is 7.82. The van der Waals surface area contributed by atoms with Gasteiger partial charge in [-0.1, -0.05) is 55.5 Å². The second-order valence-corrected chi connectivity index (χ2v) is 18.6. The Morgan fingerprint density at radius 2 is 1.67 bits per heavy atom. The van der Waals surface area contributed by atoms with Gasteiger partial charge in [-0.3, -0.25) is 24.0 Å². The van der Waals surface area contributed by atoms with Gasteiger partial charge < -0.3 is 34.5 Å². The summed E-state index contributed by atoms with van der Waals surface area (Å²) in [5.41, 5.74) is 4.56. The fraction of sp³-hybridized carbons (Fsp3) is 0.392. The molecule has 2 amide bonds. The van der Waals surface area contributed by atoms with Gasteiger partial charge in [0, 0.05) is 41.3 Å². The summed E-state index contributed by atoms with van der Waals surface area (Å²) in [6.45, 7) is 8.27. The van der Waals surface area contributed by atoms with Crippen molar-refractivity contribution in [2.24, 2.45) is 0 Å². The number of benzene rings is 3. The van der Waals surface area contributed by atoms with E-state index in [2.05, 4.69) is 10.6 Å². The van der Waals surface area contributed by atoms with Crippen LogP contribution in [0, 0.1) is 12.7 Å². The fourth-order valence-electron chi connectivity index (χ4n) is 10.1. The molecule has 4 heterocycles. The fourth-order valence-corrected chi connectivity index (χ4v) is 10.1. The summed E-state index contributed by atoms with van der Waals surface area (Å²) in [6.07, 6.45) is -0.217. The third-order valence-corrected chi connectivity index (χ3v) is 13.3. The molecule has 0 spiro atoms. The summed E-state index contributed by atoms with van der Waals surface area (Å²) in [7, 11) is 0. The molecule has 5 aromatic rings. The average molecular weight is 899 g/mol. The number of hydrogen-bond acceptors (Lipinski definition) is 11. The minimum absolute atomic E-state index is 0.0322. The predicted octanol–water partition coefficient (Wildman–Crippen LogP) is 6.37. The van der Waals surface area contributed by atoms with E-state index in [9.17, 15) is 33.9 Å². The molecular formula is C51H51FN4O10. The van der Waals surface area contributed by atoms with Crippen molar-refractivity contribution in [3.05, 3.63) is 121 Å². The molecule has 14 nitrogen and oxygen atoms in total. The number of fused-ring (bicyclic) bond motifs is 8. The van der Waals surface area contributed by atoms with Crippen molar-refractivity contribution in [2.75, 3.05) is 6.61 Å². The first-order valence-corrected chi connectivity index (χ1v) is 22.4. The maximum atomic E-state index is 15.5. The number of aromatic nitrogens is 2. The van der Waals surface area contributed by atoms with Crippen LogP contribution in [0.1, 0.15) is 123 Å². The number of carbonyl (C=O) groups is 5. The summed E-state index contributed by atoms with van der Waals surface area (Å²) >= 11 is 0. The van der Waals surface area contributed by atoms with E-state index in [0.29, 0.717) is 57.4 Å². The monoisotopic (exact) mass is 898 g/mol. The predicted molar refractivity (Wildman–Crippen MR) is 239 cm³/mol. The number of carbonyl (C=O) groups excluding carboxylic acids is 5. The van der Waals surface area contributed by atoms with Crippen LogP contribution in [-0.4, -0.2) is 62.6 Å².